The highest BCUT2D eigenvalue weighted by atomic mass is 19.1. The quantitative estimate of drug-likeness (QED) is 0.913. The highest BCUT2D eigenvalue weighted by Crippen LogP contribution is 2.38. The summed E-state index contributed by atoms with van der Waals surface area (Å²) < 4.78 is 13.2. The van der Waals surface area contributed by atoms with Gasteiger partial charge in [-0.25, -0.2) is 14.2 Å². The van der Waals surface area contributed by atoms with Gasteiger partial charge in [-0.2, -0.15) is 0 Å². The van der Waals surface area contributed by atoms with Gasteiger partial charge in [0.25, 0.3) is 0 Å². The smallest absolute Gasteiger partial charge is 0.339 e. The Bertz CT molecular complexity index is 687. The normalized spacial score (nSPS) is 17.1. The van der Waals surface area contributed by atoms with Gasteiger partial charge in [0, 0.05) is 11.7 Å². The van der Waals surface area contributed by atoms with E-state index in [0.717, 1.165) is 29.9 Å². The number of hydrogen-bond acceptors (Lipinski definition) is 3. The summed E-state index contributed by atoms with van der Waals surface area (Å²) in [6.45, 7) is 2.00. The van der Waals surface area contributed by atoms with Gasteiger partial charge < -0.3 is 10.0 Å². The first-order chi connectivity index (χ1) is 9.58. The molecule has 0 amide bonds. The Kier molecular flexibility index (Phi) is 2.89. The van der Waals surface area contributed by atoms with Gasteiger partial charge in [0.2, 0.25) is 0 Å². The van der Waals surface area contributed by atoms with Crippen LogP contribution in [0.4, 0.5) is 15.9 Å². The number of carboxylic acids is 1. The maximum atomic E-state index is 13.2. The lowest BCUT2D eigenvalue weighted by Crippen LogP contribution is -2.27. The van der Waals surface area contributed by atoms with Gasteiger partial charge in [0.15, 0.2) is 0 Å². The molecule has 1 atom stereocenters. The molecule has 0 fully saturated rings. The number of hydrogen-bond donors (Lipinski definition) is 1. The van der Waals surface area contributed by atoms with Gasteiger partial charge in [-0.1, -0.05) is 18.2 Å². The predicted molar refractivity (Wildman–Crippen MR) is 72.9 cm³/mol. The zero-order valence-electron chi connectivity index (χ0n) is 10.9. The molecule has 102 valence electrons. The SMILES string of the molecule is CC1Cc2ccccc2N1c1ncc(F)cc1C(=O)O. The number of anilines is 2. The van der Waals surface area contributed by atoms with Gasteiger partial charge in [-0.3, -0.25) is 0 Å². The van der Waals surface area contributed by atoms with Crippen molar-refractivity contribution in [3.05, 3.63) is 53.5 Å². The number of halogens is 1. The van der Waals surface area contributed by atoms with E-state index >= 15 is 0 Å². The summed E-state index contributed by atoms with van der Waals surface area (Å²) in [4.78, 5) is 17.2. The van der Waals surface area contributed by atoms with Crippen LogP contribution in [-0.4, -0.2) is 22.1 Å². The summed E-state index contributed by atoms with van der Waals surface area (Å²) in [5.41, 5.74) is 1.96. The molecule has 5 heteroatoms. The Labute approximate surface area is 115 Å². The predicted octanol–water partition coefficient (Wildman–Crippen LogP) is 3.00. The molecule has 1 aromatic carbocycles. The molecule has 3 rings (SSSR count). The summed E-state index contributed by atoms with van der Waals surface area (Å²) in [6, 6.07) is 8.88. The highest BCUT2D eigenvalue weighted by molar-refractivity contribution is 5.95. The number of carboxylic acid groups (broad SMARTS) is 1. The first-order valence-electron chi connectivity index (χ1n) is 6.34. The number of rotatable bonds is 2. The standard InChI is InChI=1S/C15H13FN2O2/c1-9-6-10-4-2-3-5-13(10)18(9)14-12(15(19)20)7-11(16)8-17-14/h2-5,7-9H,6H2,1H3,(H,19,20). The topological polar surface area (TPSA) is 53.4 Å². The minimum absolute atomic E-state index is 0.0865. The number of aromatic carboxylic acids is 1. The van der Waals surface area contributed by atoms with Crippen LogP contribution in [0.15, 0.2) is 36.5 Å². The van der Waals surface area contributed by atoms with Gasteiger partial charge in [0.05, 0.1) is 6.20 Å². The summed E-state index contributed by atoms with van der Waals surface area (Å²) >= 11 is 0. The van der Waals surface area contributed by atoms with Crippen LogP contribution >= 0.6 is 0 Å². The second-order valence-electron chi connectivity index (χ2n) is 4.88. The van der Waals surface area contributed by atoms with Crippen molar-refractivity contribution in [2.75, 3.05) is 4.90 Å². The van der Waals surface area contributed by atoms with Crippen molar-refractivity contribution in [2.24, 2.45) is 0 Å². The van der Waals surface area contributed by atoms with Gasteiger partial charge in [0.1, 0.15) is 17.2 Å². The van der Waals surface area contributed by atoms with Gasteiger partial charge in [-0.15, -0.1) is 0 Å². The second kappa shape index (κ2) is 4.59. The summed E-state index contributed by atoms with van der Waals surface area (Å²) in [7, 11) is 0. The summed E-state index contributed by atoms with van der Waals surface area (Å²) in [6.07, 6.45) is 1.86. The molecule has 0 spiro atoms. The fourth-order valence-electron chi connectivity index (χ4n) is 2.67. The largest absolute Gasteiger partial charge is 0.478 e. The van der Waals surface area contributed by atoms with Crippen molar-refractivity contribution >= 4 is 17.5 Å². The Balaban J connectivity index is 2.17. The third kappa shape index (κ3) is 1.91. The van der Waals surface area contributed by atoms with E-state index in [1.54, 1.807) is 0 Å². The average molecular weight is 272 g/mol. The van der Waals surface area contributed by atoms with Crippen LogP contribution in [0.3, 0.4) is 0 Å². The first-order valence-corrected chi connectivity index (χ1v) is 6.34. The third-order valence-electron chi connectivity index (χ3n) is 3.50. The minimum Gasteiger partial charge on any atom is -0.478 e. The van der Waals surface area contributed by atoms with Crippen LogP contribution in [0, 0.1) is 5.82 Å². The highest BCUT2D eigenvalue weighted by Gasteiger charge is 2.30. The molecule has 0 radical (unpaired) electrons. The van der Waals surface area contributed by atoms with Crippen LogP contribution in [0.5, 0.6) is 0 Å². The Morgan fingerprint density at radius 1 is 1.45 bits per heavy atom. The molecule has 1 aromatic heterocycles. The van der Waals surface area contributed by atoms with Crippen LogP contribution in [0.2, 0.25) is 0 Å². The molecule has 0 saturated carbocycles. The van der Waals surface area contributed by atoms with E-state index in [4.69, 9.17) is 0 Å². The molecule has 0 aliphatic carbocycles. The van der Waals surface area contributed by atoms with E-state index in [9.17, 15) is 14.3 Å². The first kappa shape index (κ1) is 12.6. The number of benzene rings is 1. The van der Waals surface area contributed by atoms with Crippen molar-refractivity contribution in [2.45, 2.75) is 19.4 Å². The molecule has 2 aromatic rings. The Hall–Kier alpha value is -2.43. The molecular weight excluding hydrogens is 259 g/mol. The van der Waals surface area contributed by atoms with Crippen molar-refractivity contribution in [3.63, 3.8) is 0 Å². The van der Waals surface area contributed by atoms with E-state index in [2.05, 4.69) is 4.98 Å². The monoisotopic (exact) mass is 272 g/mol. The Morgan fingerprint density at radius 2 is 2.20 bits per heavy atom. The van der Waals surface area contributed by atoms with Crippen molar-refractivity contribution < 1.29 is 14.3 Å². The van der Waals surface area contributed by atoms with Crippen LogP contribution in [-0.2, 0) is 6.42 Å². The molecule has 20 heavy (non-hydrogen) atoms. The lowest BCUT2D eigenvalue weighted by molar-refractivity contribution is 0.0696. The fourth-order valence-corrected chi connectivity index (χ4v) is 2.67. The van der Waals surface area contributed by atoms with Gasteiger partial charge in [-0.05, 0) is 31.0 Å². The molecule has 4 nitrogen and oxygen atoms in total. The second-order valence-corrected chi connectivity index (χ2v) is 4.88. The molecule has 1 unspecified atom stereocenters. The number of aromatic nitrogens is 1. The molecule has 0 saturated heterocycles. The molecule has 1 aliphatic heterocycles. The average Bonchev–Trinajstić information content (AvgIpc) is 2.74. The van der Waals surface area contributed by atoms with Crippen LogP contribution in [0.1, 0.15) is 22.8 Å². The fraction of sp³-hybridized carbons (Fsp3) is 0.200. The number of fused-ring (bicyclic) bond motifs is 1. The minimum atomic E-state index is -1.18. The lowest BCUT2D eigenvalue weighted by Gasteiger charge is -2.25. The zero-order valence-corrected chi connectivity index (χ0v) is 10.9. The van der Waals surface area contributed by atoms with E-state index in [-0.39, 0.29) is 17.4 Å². The molecule has 1 aliphatic rings. The third-order valence-corrected chi connectivity index (χ3v) is 3.50. The summed E-state index contributed by atoms with van der Waals surface area (Å²) in [5, 5.41) is 9.25. The van der Waals surface area contributed by atoms with Crippen molar-refractivity contribution in [1.29, 1.82) is 0 Å². The van der Waals surface area contributed by atoms with E-state index in [1.165, 1.54) is 0 Å². The van der Waals surface area contributed by atoms with Crippen LogP contribution in [0.25, 0.3) is 0 Å². The number of para-hydroxylation sites is 1. The maximum absolute atomic E-state index is 13.2. The van der Waals surface area contributed by atoms with Gasteiger partial charge >= 0.3 is 5.97 Å². The Morgan fingerprint density at radius 3 is 2.95 bits per heavy atom. The van der Waals surface area contributed by atoms with Crippen LogP contribution < -0.4 is 4.90 Å². The number of pyridine rings is 1. The van der Waals surface area contributed by atoms with E-state index in [1.807, 2.05) is 36.1 Å². The van der Waals surface area contributed by atoms with E-state index < -0.39 is 11.8 Å². The van der Waals surface area contributed by atoms with E-state index in [0.29, 0.717) is 0 Å². The lowest BCUT2D eigenvalue weighted by atomic mass is 10.1. The molecule has 0 bridgehead atoms. The molecule has 2 heterocycles. The molecule has 1 N–H and O–H groups in total. The summed E-state index contributed by atoms with van der Waals surface area (Å²) in [5.74, 6) is -1.54. The zero-order chi connectivity index (χ0) is 14.3. The van der Waals surface area contributed by atoms with Crippen molar-refractivity contribution in [1.82, 2.24) is 4.98 Å². The maximum Gasteiger partial charge on any atom is 0.339 e. The molecular formula is C15H13FN2O2. The van der Waals surface area contributed by atoms with Crippen molar-refractivity contribution in [3.8, 4) is 0 Å². The number of carbonyl (C=O) groups is 1. The number of nitrogens with zero attached hydrogens (tertiary/aromatic N) is 2.